The Morgan fingerprint density at radius 1 is 1.33 bits per heavy atom. The van der Waals surface area contributed by atoms with Crippen LogP contribution in [0.3, 0.4) is 0 Å². The van der Waals surface area contributed by atoms with Crippen LogP contribution >= 0.6 is 23.4 Å². The van der Waals surface area contributed by atoms with Crippen molar-refractivity contribution in [2.24, 2.45) is 10.9 Å². The second kappa shape index (κ2) is 6.97. The number of amides is 1. The Morgan fingerprint density at radius 3 is 2.59 bits per heavy atom. The highest BCUT2D eigenvalue weighted by molar-refractivity contribution is 8.16. The zero-order chi connectivity index (χ0) is 20.1. The van der Waals surface area contributed by atoms with Crippen molar-refractivity contribution < 1.29 is 26.4 Å². The normalized spacial score (nSPS) is 26.0. The lowest BCUT2D eigenvalue weighted by Gasteiger charge is -2.26. The minimum Gasteiger partial charge on any atom is -0.314 e. The van der Waals surface area contributed by atoms with Crippen molar-refractivity contribution in [2.45, 2.75) is 31.3 Å². The van der Waals surface area contributed by atoms with E-state index in [1.165, 1.54) is 4.90 Å². The van der Waals surface area contributed by atoms with Gasteiger partial charge in [0.15, 0.2) is 15.0 Å². The summed E-state index contributed by atoms with van der Waals surface area (Å²) in [7, 11) is -3.33. The molecule has 11 heteroatoms. The molecule has 148 valence electrons. The van der Waals surface area contributed by atoms with Gasteiger partial charge in [0.1, 0.15) is 0 Å². The van der Waals surface area contributed by atoms with Crippen molar-refractivity contribution in [3.8, 4) is 0 Å². The van der Waals surface area contributed by atoms with Crippen LogP contribution in [0.5, 0.6) is 0 Å². The van der Waals surface area contributed by atoms with Crippen LogP contribution in [-0.4, -0.2) is 42.3 Å². The van der Waals surface area contributed by atoms with Crippen molar-refractivity contribution in [2.75, 3.05) is 16.4 Å². The Labute approximate surface area is 163 Å². The minimum atomic E-state index is -4.58. The third-order valence-electron chi connectivity index (χ3n) is 4.30. The first-order chi connectivity index (χ1) is 12.4. The molecular formula is C16H16ClF3N2O3S2. The number of carbonyl (C=O) groups excluding carboxylic acids is 1. The Kier molecular flexibility index (Phi) is 5.28. The lowest BCUT2D eigenvalue weighted by molar-refractivity contribution is -0.137. The largest absolute Gasteiger partial charge is 0.416 e. The zero-order valence-corrected chi connectivity index (χ0v) is 16.7. The minimum absolute atomic E-state index is 0.00102. The molecular weight excluding hydrogens is 425 g/mol. The Balaban J connectivity index is 2.12. The van der Waals surface area contributed by atoms with E-state index in [1.807, 2.05) is 0 Å². The number of anilines is 1. The fourth-order valence-corrected chi connectivity index (χ4v) is 7.06. The van der Waals surface area contributed by atoms with Gasteiger partial charge in [0, 0.05) is 11.2 Å². The number of fused-ring (bicyclic) bond motifs is 1. The molecule has 0 N–H and O–H groups in total. The molecule has 27 heavy (non-hydrogen) atoms. The third kappa shape index (κ3) is 4.12. The molecule has 0 saturated carbocycles. The lowest BCUT2D eigenvalue weighted by Crippen LogP contribution is -2.38. The van der Waals surface area contributed by atoms with Crippen LogP contribution in [0.25, 0.3) is 0 Å². The van der Waals surface area contributed by atoms with Gasteiger partial charge < -0.3 is 4.90 Å². The van der Waals surface area contributed by atoms with Crippen LogP contribution < -0.4 is 4.90 Å². The molecule has 5 nitrogen and oxygen atoms in total. The zero-order valence-electron chi connectivity index (χ0n) is 14.3. The van der Waals surface area contributed by atoms with Gasteiger partial charge in [-0.25, -0.2) is 8.42 Å². The van der Waals surface area contributed by atoms with Crippen molar-refractivity contribution >= 4 is 50.0 Å². The van der Waals surface area contributed by atoms with Gasteiger partial charge in [-0.05, 0) is 18.2 Å². The molecule has 0 radical (unpaired) electrons. The highest BCUT2D eigenvalue weighted by Crippen LogP contribution is 2.44. The highest BCUT2D eigenvalue weighted by atomic mass is 35.5. The molecule has 2 atom stereocenters. The predicted molar refractivity (Wildman–Crippen MR) is 100 cm³/mol. The predicted octanol–water partition coefficient (Wildman–Crippen LogP) is 3.62. The number of aliphatic imine (C=N–C) groups is 1. The first-order valence-electron chi connectivity index (χ1n) is 8.04. The molecule has 0 aromatic heterocycles. The SMILES string of the molecule is CC(C)C(=O)N=C1SC2CS(=O)(=O)CC2N1c1cc(C(F)(F)F)ccc1Cl. The van der Waals surface area contributed by atoms with E-state index in [-0.39, 0.29) is 27.4 Å². The van der Waals surface area contributed by atoms with E-state index in [4.69, 9.17) is 11.6 Å². The summed E-state index contributed by atoms with van der Waals surface area (Å²) in [5, 5.41) is -0.211. The van der Waals surface area contributed by atoms with E-state index >= 15 is 0 Å². The summed E-state index contributed by atoms with van der Waals surface area (Å²) in [6, 6.07) is 2.21. The smallest absolute Gasteiger partial charge is 0.314 e. The molecule has 3 rings (SSSR count). The van der Waals surface area contributed by atoms with Gasteiger partial charge in [0.05, 0.1) is 33.8 Å². The fourth-order valence-electron chi connectivity index (χ4n) is 2.94. The van der Waals surface area contributed by atoms with Gasteiger partial charge in [-0.15, -0.1) is 0 Å². The first kappa shape index (κ1) is 20.5. The second-order valence-electron chi connectivity index (χ2n) is 6.72. The number of rotatable bonds is 2. The summed E-state index contributed by atoms with van der Waals surface area (Å²) in [4.78, 5) is 17.5. The molecule has 2 unspecified atom stereocenters. The average molecular weight is 441 g/mol. The van der Waals surface area contributed by atoms with Crippen molar-refractivity contribution in [1.82, 2.24) is 0 Å². The number of alkyl halides is 3. The standard InChI is InChI=1S/C16H16ClF3N2O3S2/c1-8(2)14(23)21-15-22(12-6-27(24,25)7-13(12)26-15)11-5-9(16(18,19)20)3-4-10(11)17/h3-5,8,12-13H,6-7H2,1-2H3. The molecule has 1 amide bonds. The molecule has 2 heterocycles. The van der Waals surface area contributed by atoms with Gasteiger partial charge >= 0.3 is 6.18 Å². The van der Waals surface area contributed by atoms with Crippen LogP contribution in [0, 0.1) is 5.92 Å². The topological polar surface area (TPSA) is 66.8 Å². The van der Waals surface area contributed by atoms with E-state index in [9.17, 15) is 26.4 Å². The molecule has 0 spiro atoms. The Bertz CT molecular complexity index is 916. The van der Waals surface area contributed by atoms with Crippen LogP contribution in [0.4, 0.5) is 18.9 Å². The summed E-state index contributed by atoms with van der Waals surface area (Å²) >= 11 is 7.23. The van der Waals surface area contributed by atoms with E-state index in [0.717, 1.165) is 30.0 Å². The first-order valence-corrected chi connectivity index (χ1v) is 11.1. The maximum atomic E-state index is 13.1. The molecule has 1 aromatic carbocycles. The maximum absolute atomic E-state index is 13.1. The van der Waals surface area contributed by atoms with Crippen molar-refractivity contribution in [3.05, 3.63) is 28.8 Å². The molecule has 0 aliphatic carbocycles. The van der Waals surface area contributed by atoms with Gasteiger partial charge in [0.2, 0.25) is 0 Å². The third-order valence-corrected chi connectivity index (χ3v) is 7.83. The van der Waals surface area contributed by atoms with Crippen molar-refractivity contribution in [3.63, 3.8) is 0 Å². The van der Waals surface area contributed by atoms with Crippen LogP contribution in [-0.2, 0) is 20.8 Å². The molecule has 2 aliphatic rings. The van der Waals surface area contributed by atoms with E-state index in [1.54, 1.807) is 13.8 Å². The van der Waals surface area contributed by atoms with E-state index in [2.05, 4.69) is 4.99 Å². The quantitative estimate of drug-likeness (QED) is 0.702. The van der Waals surface area contributed by atoms with Crippen molar-refractivity contribution in [1.29, 1.82) is 0 Å². The lowest BCUT2D eigenvalue weighted by atomic mass is 10.1. The van der Waals surface area contributed by atoms with Crippen LogP contribution in [0.1, 0.15) is 19.4 Å². The number of sulfone groups is 1. The van der Waals surface area contributed by atoms with Gasteiger partial charge in [-0.2, -0.15) is 18.2 Å². The molecule has 2 saturated heterocycles. The number of benzene rings is 1. The van der Waals surface area contributed by atoms with Crippen LogP contribution in [0.15, 0.2) is 23.2 Å². The molecule has 2 aliphatic heterocycles. The highest BCUT2D eigenvalue weighted by Gasteiger charge is 2.50. The number of hydrogen-bond acceptors (Lipinski definition) is 4. The summed E-state index contributed by atoms with van der Waals surface area (Å²) in [5.41, 5.74) is -0.912. The molecule has 2 fully saturated rings. The Hall–Kier alpha value is -1.26. The summed E-state index contributed by atoms with van der Waals surface area (Å²) in [5.74, 6) is -1.19. The summed E-state index contributed by atoms with van der Waals surface area (Å²) in [6.07, 6.45) is -4.58. The summed E-state index contributed by atoms with van der Waals surface area (Å²) < 4.78 is 63.5. The average Bonchev–Trinajstić information content (AvgIpc) is 2.97. The number of amidine groups is 1. The maximum Gasteiger partial charge on any atom is 0.416 e. The number of halogens is 4. The van der Waals surface area contributed by atoms with E-state index < -0.39 is 44.7 Å². The number of carbonyl (C=O) groups is 1. The molecule has 1 aromatic rings. The van der Waals surface area contributed by atoms with E-state index in [0.29, 0.717) is 0 Å². The number of nitrogens with zero attached hydrogens (tertiary/aromatic N) is 2. The monoisotopic (exact) mass is 440 g/mol. The van der Waals surface area contributed by atoms with Gasteiger partial charge in [0.25, 0.3) is 5.91 Å². The van der Waals surface area contributed by atoms with Gasteiger partial charge in [-0.1, -0.05) is 37.2 Å². The summed E-state index contributed by atoms with van der Waals surface area (Å²) in [6.45, 7) is 3.30. The number of hydrogen-bond donors (Lipinski definition) is 0. The second-order valence-corrected chi connectivity index (χ2v) is 10.5. The van der Waals surface area contributed by atoms with Gasteiger partial charge in [-0.3, -0.25) is 4.79 Å². The van der Waals surface area contributed by atoms with Crippen LogP contribution in [0.2, 0.25) is 5.02 Å². The molecule has 0 bridgehead atoms. The number of thioether (sulfide) groups is 1. The Morgan fingerprint density at radius 2 is 2.00 bits per heavy atom. The fraction of sp³-hybridized carbons (Fsp3) is 0.500.